The summed E-state index contributed by atoms with van der Waals surface area (Å²) < 4.78 is 0.682. The molecule has 1 amide bonds. The molecule has 1 aliphatic rings. The van der Waals surface area contributed by atoms with Gasteiger partial charge in [-0.2, -0.15) is 0 Å². The zero-order valence-corrected chi connectivity index (χ0v) is 12.1. The number of halogens is 1. The minimum absolute atomic E-state index is 0.0720. The Balaban J connectivity index is 2.64. The highest BCUT2D eigenvalue weighted by Gasteiger charge is 2.40. The predicted molar refractivity (Wildman–Crippen MR) is 73.5 cm³/mol. The van der Waals surface area contributed by atoms with Crippen molar-refractivity contribution in [2.75, 3.05) is 6.54 Å². The van der Waals surface area contributed by atoms with Crippen molar-refractivity contribution in [3.63, 3.8) is 0 Å². The fourth-order valence-electron chi connectivity index (χ4n) is 2.44. The van der Waals surface area contributed by atoms with Crippen LogP contribution in [0.2, 0.25) is 0 Å². The number of carbonyl (C=O) groups is 2. The predicted octanol–water partition coefficient (Wildman–Crippen LogP) is 2.83. The van der Waals surface area contributed by atoms with Gasteiger partial charge < -0.3 is 10.4 Å². The third kappa shape index (κ3) is 4.44. The second kappa shape index (κ2) is 6.92. The molecule has 0 radical (unpaired) electrons. The summed E-state index contributed by atoms with van der Waals surface area (Å²) in [5, 5.41) is 12.1. The van der Waals surface area contributed by atoms with Crippen molar-refractivity contribution in [3.05, 3.63) is 11.1 Å². The summed E-state index contributed by atoms with van der Waals surface area (Å²) in [7, 11) is 0. The van der Waals surface area contributed by atoms with Gasteiger partial charge in [0.05, 0.1) is 5.41 Å². The van der Waals surface area contributed by atoms with Gasteiger partial charge in [0.2, 0.25) is 5.91 Å². The molecule has 0 aliphatic heterocycles. The Bertz CT molecular complexity index is 333. The Morgan fingerprint density at radius 2 is 1.78 bits per heavy atom. The van der Waals surface area contributed by atoms with Gasteiger partial charge in [-0.1, -0.05) is 48.2 Å². The maximum Gasteiger partial charge on any atom is 0.310 e. The summed E-state index contributed by atoms with van der Waals surface area (Å²) in [6.45, 7) is 3.97. The average molecular weight is 318 g/mol. The number of carboxylic acids is 1. The molecule has 0 spiro atoms. The molecular formula is C13H20BrNO3. The first-order valence-electron chi connectivity index (χ1n) is 6.30. The Morgan fingerprint density at radius 1 is 1.22 bits per heavy atom. The highest BCUT2D eigenvalue weighted by molar-refractivity contribution is 9.11. The minimum atomic E-state index is -0.867. The molecule has 0 aromatic rings. The largest absolute Gasteiger partial charge is 0.481 e. The third-order valence-corrected chi connectivity index (χ3v) is 3.77. The van der Waals surface area contributed by atoms with Gasteiger partial charge in [0.1, 0.15) is 0 Å². The molecule has 0 bridgehead atoms. The van der Waals surface area contributed by atoms with Gasteiger partial charge in [0.15, 0.2) is 0 Å². The topological polar surface area (TPSA) is 66.4 Å². The van der Waals surface area contributed by atoms with Crippen molar-refractivity contribution >= 4 is 27.8 Å². The van der Waals surface area contributed by atoms with E-state index in [1.165, 1.54) is 0 Å². The van der Waals surface area contributed by atoms with Crippen LogP contribution in [0.25, 0.3) is 0 Å². The van der Waals surface area contributed by atoms with E-state index in [1.54, 1.807) is 0 Å². The number of amides is 1. The molecule has 0 heterocycles. The van der Waals surface area contributed by atoms with Gasteiger partial charge in [0, 0.05) is 17.4 Å². The molecule has 1 aliphatic carbocycles. The first-order valence-corrected chi connectivity index (χ1v) is 7.09. The molecule has 102 valence electrons. The SMILES string of the molecule is C=C(Br)CNC(=O)CC1(C(=O)O)CCCCCC1. The summed E-state index contributed by atoms with van der Waals surface area (Å²) in [5.41, 5.74) is -0.867. The number of carbonyl (C=O) groups excluding carboxylic acids is 1. The quantitative estimate of drug-likeness (QED) is 0.766. The number of hydrogen-bond acceptors (Lipinski definition) is 2. The van der Waals surface area contributed by atoms with E-state index in [-0.39, 0.29) is 12.3 Å². The minimum Gasteiger partial charge on any atom is -0.481 e. The lowest BCUT2D eigenvalue weighted by Crippen LogP contribution is -2.37. The summed E-state index contributed by atoms with van der Waals surface area (Å²) in [5.74, 6) is -1.04. The van der Waals surface area contributed by atoms with Crippen LogP contribution in [0.4, 0.5) is 0 Å². The standard InChI is InChI=1S/C13H20BrNO3/c1-10(14)9-15-11(16)8-13(12(17)18)6-4-2-3-5-7-13/h1-9H2,(H,15,16)(H,17,18). The van der Waals surface area contributed by atoms with Crippen molar-refractivity contribution in [2.24, 2.45) is 5.41 Å². The molecule has 1 rings (SSSR count). The first-order chi connectivity index (χ1) is 8.46. The van der Waals surface area contributed by atoms with Crippen LogP contribution < -0.4 is 5.32 Å². The van der Waals surface area contributed by atoms with Crippen LogP contribution in [-0.4, -0.2) is 23.5 Å². The number of carboxylic acid groups (broad SMARTS) is 1. The maximum atomic E-state index is 11.8. The normalized spacial score (nSPS) is 18.7. The van der Waals surface area contributed by atoms with E-state index in [1.807, 2.05) is 0 Å². The molecule has 1 saturated carbocycles. The van der Waals surface area contributed by atoms with Gasteiger partial charge in [-0.25, -0.2) is 0 Å². The molecule has 1 fully saturated rings. The summed E-state index contributed by atoms with van der Waals surface area (Å²) in [4.78, 5) is 23.3. The van der Waals surface area contributed by atoms with Crippen LogP contribution in [-0.2, 0) is 9.59 Å². The van der Waals surface area contributed by atoms with Gasteiger partial charge in [-0.05, 0) is 12.8 Å². The molecule has 0 unspecified atom stereocenters. The Morgan fingerprint density at radius 3 is 2.22 bits per heavy atom. The highest BCUT2D eigenvalue weighted by atomic mass is 79.9. The van der Waals surface area contributed by atoms with E-state index >= 15 is 0 Å². The van der Waals surface area contributed by atoms with Crippen molar-refractivity contribution in [3.8, 4) is 0 Å². The second-order valence-electron chi connectivity index (χ2n) is 4.97. The monoisotopic (exact) mass is 317 g/mol. The summed E-state index contributed by atoms with van der Waals surface area (Å²) in [6, 6.07) is 0. The van der Waals surface area contributed by atoms with E-state index in [0.717, 1.165) is 25.7 Å². The number of hydrogen-bond donors (Lipinski definition) is 2. The first kappa shape index (κ1) is 15.2. The Labute approximate surface area is 116 Å². The van der Waals surface area contributed by atoms with Gasteiger partial charge in [-0.3, -0.25) is 9.59 Å². The molecule has 2 N–H and O–H groups in total. The second-order valence-corrected chi connectivity index (χ2v) is 6.09. The number of nitrogens with one attached hydrogen (secondary N) is 1. The van der Waals surface area contributed by atoms with Gasteiger partial charge in [-0.15, -0.1) is 0 Å². The molecule has 5 heteroatoms. The molecule has 0 atom stereocenters. The smallest absolute Gasteiger partial charge is 0.310 e. The fraction of sp³-hybridized carbons (Fsp3) is 0.692. The lowest BCUT2D eigenvalue weighted by molar-refractivity contribution is -0.152. The highest BCUT2D eigenvalue weighted by Crippen LogP contribution is 2.38. The van der Waals surface area contributed by atoms with Gasteiger partial charge in [0.25, 0.3) is 0 Å². The average Bonchev–Trinajstić information content (AvgIpc) is 2.53. The zero-order chi connectivity index (χ0) is 13.6. The van der Waals surface area contributed by atoms with Crippen molar-refractivity contribution in [1.82, 2.24) is 5.32 Å². The molecule has 0 aromatic heterocycles. The molecule has 18 heavy (non-hydrogen) atoms. The van der Waals surface area contributed by atoms with Crippen LogP contribution in [0.5, 0.6) is 0 Å². The third-order valence-electron chi connectivity index (χ3n) is 3.49. The lowest BCUT2D eigenvalue weighted by Gasteiger charge is -2.27. The van der Waals surface area contributed by atoms with Crippen LogP contribution in [0.15, 0.2) is 11.1 Å². The number of rotatable bonds is 5. The van der Waals surface area contributed by atoms with E-state index in [9.17, 15) is 14.7 Å². The zero-order valence-electron chi connectivity index (χ0n) is 10.5. The van der Waals surface area contributed by atoms with Crippen LogP contribution in [0.3, 0.4) is 0 Å². The van der Waals surface area contributed by atoms with Crippen LogP contribution >= 0.6 is 15.9 Å². The van der Waals surface area contributed by atoms with Crippen LogP contribution in [0.1, 0.15) is 44.9 Å². The summed E-state index contributed by atoms with van der Waals surface area (Å²) in [6.07, 6.45) is 5.19. The van der Waals surface area contributed by atoms with E-state index in [4.69, 9.17) is 0 Å². The summed E-state index contributed by atoms with van der Waals surface area (Å²) >= 11 is 3.16. The van der Waals surface area contributed by atoms with E-state index < -0.39 is 11.4 Å². The van der Waals surface area contributed by atoms with Crippen LogP contribution in [0, 0.1) is 5.41 Å². The maximum absolute atomic E-state index is 11.8. The van der Waals surface area contributed by atoms with E-state index in [2.05, 4.69) is 27.8 Å². The van der Waals surface area contributed by atoms with E-state index in [0.29, 0.717) is 23.9 Å². The lowest BCUT2D eigenvalue weighted by atomic mass is 9.77. The number of aliphatic carboxylic acids is 1. The van der Waals surface area contributed by atoms with Crippen molar-refractivity contribution in [1.29, 1.82) is 0 Å². The molecule has 4 nitrogen and oxygen atoms in total. The van der Waals surface area contributed by atoms with Gasteiger partial charge >= 0.3 is 5.97 Å². The Hall–Kier alpha value is -0.840. The fourth-order valence-corrected chi connectivity index (χ4v) is 2.58. The molecular weight excluding hydrogens is 298 g/mol. The molecule has 0 saturated heterocycles. The van der Waals surface area contributed by atoms with Crippen molar-refractivity contribution in [2.45, 2.75) is 44.9 Å². The Kier molecular flexibility index (Phi) is 5.85. The molecule has 0 aromatic carbocycles. The van der Waals surface area contributed by atoms with Crippen molar-refractivity contribution < 1.29 is 14.7 Å².